The Labute approximate surface area is 121 Å². The third kappa shape index (κ3) is 1.90. The molecule has 0 aliphatic heterocycles. The van der Waals surface area contributed by atoms with E-state index in [-0.39, 0.29) is 9.20 Å². The summed E-state index contributed by atoms with van der Waals surface area (Å²) >= 11 is 10.5. The Morgan fingerprint density at radius 3 is 2.61 bits per heavy atom. The topological polar surface area (TPSA) is 20.2 Å². The van der Waals surface area contributed by atoms with E-state index >= 15 is 0 Å². The highest BCUT2D eigenvalue weighted by atomic mass is 79.9. The Morgan fingerprint density at radius 2 is 1.94 bits per heavy atom. The fraction of sp³-hybridized carbons (Fsp3) is 0.467. The van der Waals surface area contributed by atoms with Crippen molar-refractivity contribution in [2.45, 2.75) is 34.9 Å². The summed E-state index contributed by atoms with van der Waals surface area (Å²) in [5.41, 5.74) is 1.23. The number of allylic oxidation sites excluding steroid dienone is 2. The molecule has 1 N–H and O–H groups in total. The molecule has 2 aliphatic carbocycles. The van der Waals surface area contributed by atoms with Gasteiger partial charge in [-0.15, -0.1) is 11.6 Å². The zero-order chi connectivity index (χ0) is 13.0. The van der Waals surface area contributed by atoms with E-state index in [1.54, 1.807) is 12.1 Å². The second kappa shape index (κ2) is 4.01. The summed E-state index contributed by atoms with van der Waals surface area (Å²) in [6, 6.07) is 7.50. The van der Waals surface area contributed by atoms with Gasteiger partial charge in [0.15, 0.2) is 0 Å². The smallest absolute Gasteiger partial charge is 0.115 e. The van der Waals surface area contributed by atoms with Crippen molar-refractivity contribution in [3.05, 3.63) is 42.0 Å². The number of benzene rings is 1. The molecule has 0 spiro atoms. The van der Waals surface area contributed by atoms with E-state index < -0.39 is 0 Å². The van der Waals surface area contributed by atoms with E-state index in [2.05, 4.69) is 35.0 Å². The lowest BCUT2D eigenvalue weighted by Crippen LogP contribution is -2.29. The van der Waals surface area contributed by atoms with Gasteiger partial charge in [0.1, 0.15) is 5.75 Å². The monoisotopic (exact) mass is 326 g/mol. The quantitative estimate of drug-likeness (QED) is 0.591. The van der Waals surface area contributed by atoms with Crippen LogP contribution in [0.5, 0.6) is 5.75 Å². The number of fused-ring (bicyclic) bond motifs is 1. The molecule has 1 aromatic rings. The highest BCUT2D eigenvalue weighted by Gasteiger charge is 2.55. The molecule has 1 aromatic carbocycles. The Balaban J connectivity index is 1.95. The Bertz CT molecular complexity index is 494. The molecule has 0 saturated heterocycles. The van der Waals surface area contributed by atoms with Gasteiger partial charge in [-0.25, -0.2) is 0 Å². The van der Waals surface area contributed by atoms with Gasteiger partial charge in [0.25, 0.3) is 0 Å². The molecule has 0 bridgehead atoms. The molecule has 2 unspecified atom stereocenters. The molecule has 0 heterocycles. The van der Waals surface area contributed by atoms with E-state index in [0.29, 0.717) is 17.6 Å². The Kier molecular flexibility index (Phi) is 2.80. The largest absolute Gasteiger partial charge is 0.508 e. The first-order valence-corrected chi connectivity index (χ1v) is 7.43. The lowest BCUT2D eigenvalue weighted by atomic mass is 9.85. The molecule has 4 atom stereocenters. The van der Waals surface area contributed by atoms with Crippen LogP contribution in [0.1, 0.15) is 31.2 Å². The maximum Gasteiger partial charge on any atom is 0.115 e. The van der Waals surface area contributed by atoms with Crippen LogP contribution in [0.3, 0.4) is 0 Å². The van der Waals surface area contributed by atoms with Gasteiger partial charge >= 0.3 is 0 Å². The minimum atomic E-state index is -0.117. The predicted molar refractivity (Wildman–Crippen MR) is 78.6 cm³/mol. The predicted octanol–water partition coefficient (Wildman–Crippen LogP) is 4.59. The zero-order valence-electron chi connectivity index (χ0n) is 10.2. The van der Waals surface area contributed by atoms with Gasteiger partial charge in [-0.3, -0.25) is 0 Å². The van der Waals surface area contributed by atoms with Crippen LogP contribution in [0.2, 0.25) is 0 Å². The number of phenolic OH excluding ortho intramolecular Hbond substituents is 1. The van der Waals surface area contributed by atoms with Crippen molar-refractivity contribution in [1.82, 2.24) is 0 Å². The van der Waals surface area contributed by atoms with Crippen molar-refractivity contribution >= 4 is 27.5 Å². The maximum absolute atomic E-state index is 9.38. The van der Waals surface area contributed by atoms with Crippen LogP contribution in [-0.4, -0.2) is 14.3 Å². The molecule has 1 fully saturated rings. The summed E-state index contributed by atoms with van der Waals surface area (Å²) in [7, 11) is 0. The molecule has 18 heavy (non-hydrogen) atoms. The maximum atomic E-state index is 9.38. The van der Waals surface area contributed by atoms with Crippen molar-refractivity contribution in [1.29, 1.82) is 0 Å². The number of hydrogen-bond donors (Lipinski definition) is 1. The summed E-state index contributed by atoms with van der Waals surface area (Å²) in [6.45, 7) is 2.12. The van der Waals surface area contributed by atoms with Crippen molar-refractivity contribution in [3.8, 4) is 5.75 Å². The van der Waals surface area contributed by atoms with Gasteiger partial charge in [-0.1, -0.05) is 40.2 Å². The molecule has 0 radical (unpaired) electrons. The van der Waals surface area contributed by atoms with Gasteiger partial charge in [0.05, 0.1) is 0 Å². The van der Waals surface area contributed by atoms with Gasteiger partial charge in [-0.05, 0) is 43.4 Å². The minimum Gasteiger partial charge on any atom is -0.508 e. The second-order valence-corrected chi connectivity index (χ2v) is 8.17. The summed E-state index contributed by atoms with van der Waals surface area (Å²) in [5, 5.41) is 9.38. The van der Waals surface area contributed by atoms with Crippen LogP contribution in [0, 0.1) is 5.92 Å². The van der Waals surface area contributed by atoms with Crippen LogP contribution in [0.25, 0.3) is 0 Å². The lowest BCUT2D eigenvalue weighted by Gasteiger charge is -2.31. The zero-order valence-corrected chi connectivity index (χ0v) is 12.6. The van der Waals surface area contributed by atoms with E-state index in [9.17, 15) is 5.11 Å². The van der Waals surface area contributed by atoms with E-state index in [1.165, 1.54) is 5.56 Å². The van der Waals surface area contributed by atoms with E-state index in [0.717, 1.165) is 12.8 Å². The van der Waals surface area contributed by atoms with E-state index in [1.807, 2.05) is 12.1 Å². The van der Waals surface area contributed by atoms with Gasteiger partial charge < -0.3 is 5.11 Å². The summed E-state index contributed by atoms with van der Waals surface area (Å²) in [4.78, 5) is -0.117. The molecular formula is C15H16BrClO. The molecule has 1 nitrogen and oxygen atoms in total. The second-order valence-electron chi connectivity index (χ2n) is 5.78. The van der Waals surface area contributed by atoms with E-state index in [4.69, 9.17) is 11.6 Å². The van der Waals surface area contributed by atoms with Crippen LogP contribution in [0.4, 0.5) is 0 Å². The normalized spacial score (nSPS) is 42.2. The lowest BCUT2D eigenvalue weighted by molar-refractivity contribution is 0.473. The highest BCUT2D eigenvalue weighted by Crippen LogP contribution is 2.61. The van der Waals surface area contributed by atoms with Gasteiger partial charge in [0.2, 0.25) is 0 Å². The highest BCUT2D eigenvalue weighted by molar-refractivity contribution is 9.10. The standard InChI is InChI=1S/C15H16BrClO/c1-14(17)8-11-4-7-13(15(11,16)9-14)10-2-5-12(18)6-3-10/h2-7,11,13,18H,8-9H2,1H3/t11-,13?,14+,15?/m1/s1. The summed E-state index contributed by atoms with van der Waals surface area (Å²) in [5.74, 6) is 1.15. The number of aromatic hydroxyl groups is 1. The SMILES string of the molecule is C[C@]1(Cl)C[C@H]2C=CC(c3ccc(O)cc3)C2(Br)C1. The van der Waals surface area contributed by atoms with Crippen molar-refractivity contribution in [2.75, 3.05) is 0 Å². The van der Waals surface area contributed by atoms with Crippen LogP contribution in [0.15, 0.2) is 36.4 Å². The number of halogens is 2. The number of rotatable bonds is 1. The van der Waals surface area contributed by atoms with Crippen LogP contribution >= 0.6 is 27.5 Å². The number of hydrogen-bond acceptors (Lipinski definition) is 1. The first-order valence-electron chi connectivity index (χ1n) is 6.26. The van der Waals surface area contributed by atoms with Crippen molar-refractivity contribution in [3.63, 3.8) is 0 Å². The van der Waals surface area contributed by atoms with Crippen molar-refractivity contribution < 1.29 is 5.11 Å². The first kappa shape index (κ1) is 12.6. The van der Waals surface area contributed by atoms with Crippen LogP contribution in [-0.2, 0) is 0 Å². The minimum absolute atomic E-state index is 0.0421. The van der Waals surface area contributed by atoms with Gasteiger partial charge in [-0.2, -0.15) is 0 Å². The summed E-state index contributed by atoms with van der Waals surface area (Å²) in [6.07, 6.45) is 6.55. The third-order valence-electron chi connectivity index (χ3n) is 4.21. The number of phenols is 1. The summed E-state index contributed by atoms with van der Waals surface area (Å²) < 4.78 is 0.0421. The Morgan fingerprint density at radius 1 is 1.28 bits per heavy atom. The Hall–Kier alpha value is -0.470. The van der Waals surface area contributed by atoms with Gasteiger partial charge in [0, 0.05) is 15.1 Å². The molecule has 0 aromatic heterocycles. The molecule has 0 amide bonds. The van der Waals surface area contributed by atoms with Crippen LogP contribution < -0.4 is 0 Å². The average Bonchev–Trinajstić information content (AvgIpc) is 2.68. The molecule has 2 aliphatic rings. The molecular weight excluding hydrogens is 312 g/mol. The average molecular weight is 328 g/mol. The first-order chi connectivity index (χ1) is 8.41. The molecule has 1 saturated carbocycles. The molecule has 3 rings (SSSR count). The third-order valence-corrected chi connectivity index (χ3v) is 5.86. The fourth-order valence-corrected chi connectivity index (χ4v) is 5.34. The number of alkyl halides is 2. The van der Waals surface area contributed by atoms with Crippen molar-refractivity contribution in [2.24, 2.45) is 5.92 Å². The fourth-order valence-electron chi connectivity index (χ4n) is 3.44. The molecule has 3 heteroatoms. The molecule has 96 valence electrons.